The van der Waals surface area contributed by atoms with Crippen LogP contribution in [0.25, 0.3) is 11.3 Å². The molecule has 0 aliphatic carbocycles. The average molecular weight is 649 g/mol. The Morgan fingerprint density at radius 3 is 2.76 bits per heavy atom. The van der Waals surface area contributed by atoms with E-state index in [1.165, 1.54) is 19.2 Å². The van der Waals surface area contributed by atoms with Crippen LogP contribution in [0.2, 0.25) is 5.02 Å². The van der Waals surface area contributed by atoms with Crippen LogP contribution in [0.5, 0.6) is 17.2 Å². The van der Waals surface area contributed by atoms with Gasteiger partial charge in [-0.3, -0.25) is 14.3 Å². The van der Waals surface area contributed by atoms with Crippen molar-refractivity contribution < 1.29 is 33.3 Å². The lowest BCUT2D eigenvalue weighted by Gasteiger charge is -2.29. The van der Waals surface area contributed by atoms with Gasteiger partial charge in [-0.1, -0.05) is 25.4 Å². The molecule has 1 saturated heterocycles. The lowest BCUT2D eigenvalue weighted by molar-refractivity contribution is -0.124. The van der Waals surface area contributed by atoms with Gasteiger partial charge in [0.25, 0.3) is 5.91 Å². The fourth-order valence-corrected chi connectivity index (χ4v) is 5.96. The summed E-state index contributed by atoms with van der Waals surface area (Å²) < 4.78 is 33.1. The SMILES string of the molecule is COc1cc(C(=O)CCC(O)(Cn2cccn2)c2cc3c(c(-c4ccc(F)c(Cl)c4)n2)OCC3(C)C)ccc1OC1CCNC1=O. The van der Waals surface area contributed by atoms with Gasteiger partial charge in [0.1, 0.15) is 22.9 Å². The number of aromatic nitrogens is 3. The third-order valence-corrected chi connectivity index (χ3v) is 8.74. The van der Waals surface area contributed by atoms with Gasteiger partial charge in [-0.05, 0) is 55.0 Å². The van der Waals surface area contributed by atoms with E-state index in [2.05, 4.69) is 10.4 Å². The van der Waals surface area contributed by atoms with E-state index in [0.29, 0.717) is 59.3 Å². The van der Waals surface area contributed by atoms with Crippen LogP contribution in [0.3, 0.4) is 0 Å². The van der Waals surface area contributed by atoms with E-state index >= 15 is 0 Å². The maximum Gasteiger partial charge on any atom is 0.261 e. The smallest absolute Gasteiger partial charge is 0.261 e. The van der Waals surface area contributed by atoms with Crippen LogP contribution < -0.4 is 19.5 Å². The maximum atomic E-state index is 14.1. The summed E-state index contributed by atoms with van der Waals surface area (Å²) in [6, 6.07) is 12.7. The summed E-state index contributed by atoms with van der Waals surface area (Å²) in [6.45, 7) is 4.99. The molecule has 2 atom stereocenters. The number of ketones is 1. The third-order valence-electron chi connectivity index (χ3n) is 8.45. The van der Waals surface area contributed by atoms with Crippen molar-refractivity contribution in [2.75, 3.05) is 20.3 Å². The van der Waals surface area contributed by atoms with Gasteiger partial charge in [0.05, 0.1) is 31.0 Å². The number of aliphatic hydroxyl groups is 1. The number of rotatable bonds is 11. The first-order valence-electron chi connectivity index (χ1n) is 15.0. The molecular formula is C34H34ClFN4O6. The van der Waals surface area contributed by atoms with Crippen LogP contribution in [-0.4, -0.2) is 57.9 Å². The average Bonchev–Trinajstić information content (AvgIpc) is 3.78. The standard InChI is InChI=1S/C34H34ClFN4O6/c1-33(2)19-45-31-22(33)17-29(39-30(31)21-5-7-24(36)23(35)15-21)34(43,18-40-14-4-12-38-40)11-9-25(41)20-6-8-26(28(16-20)44-3)46-27-10-13-37-32(27)42/h4-8,12,14-17,27,43H,9-11,13,18-19H2,1-3H3,(H,37,42). The number of Topliss-reactive ketones (excluding diaryl/α,β-unsaturated/α-hetero) is 1. The van der Waals surface area contributed by atoms with Crippen molar-refractivity contribution in [3.63, 3.8) is 0 Å². The number of ether oxygens (including phenoxy) is 3. The Balaban J connectivity index is 1.33. The van der Waals surface area contributed by atoms with E-state index in [1.807, 2.05) is 19.9 Å². The zero-order chi connectivity index (χ0) is 32.6. The molecule has 2 unspecified atom stereocenters. The molecule has 10 nitrogen and oxygen atoms in total. The topological polar surface area (TPSA) is 125 Å². The molecule has 2 N–H and O–H groups in total. The summed E-state index contributed by atoms with van der Waals surface area (Å²) in [7, 11) is 1.46. The Kier molecular flexibility index (Phi) is 8.47. The summed E-state index contributed by atoms with van der Waals surface area (Å²) in [5.74, 6) is 0.225. The highest BCUT2D eigenvalue weighted by Gasteiger charge is 2.40. The van der Waals surface area contributed by atoms with Gasteiger partial charge in [0.15, 0.2) is 23.4 Å². The molecule has 46 heavy (non-hydrogen) atoms. The van der Waals surface area contributed by atoms with E-state index in [4.69, 9.17) is 30.8 Å². The zero-order valence-corrected chi connectivity index (χ0v) is 26.4. The Morgan fingerprint density at radius 1 is 1.24 bits per heavy atom. The molecule has 0 radical (unpaired) electrons. The zero-order valence-electron chi connectivity index (χ0n) is 25.7. The second-order valence-corrected chi connectivity index (χ2v) is 12.7. The highest BCUT2D eigenvalue weighted by atomic mass is 35.5. The largest absolute Gasteiger partial charge is 0.493 e. The molecule has 240 valence electrons. The number of halogens is 2. The Morgan fingerprint density at radius 2 is 2.07 bits per heavy atom. The Labute approximate surface area is 270 Å². The summed E-state index contributed by atoms with van der Waals surface area (Å²) in [6.07, 6.45) is 3.21. The van der Waals surface area contributed by atoms with Crippen molar-refractivity contribution in [3.05, 3.63) is 88.6 Å². The first-order chi connectivity index (χ1) is 22.0. The molecule has 4 heterocycles. The predicted octanol–water partition coefficient (Wildman–Crippen LogP) is 5.23. The molecule has 1 amide bonds. The van der Waals surface area contributed by atoms with Gasteiger partial charge in [-0.25, -0.2) is 9.37 Å². The number of nitrogens with zero attached hydrogens (tertiary/aromatic N) is 3. The van der Waals surface area contributed by atoms with Crippen molar-refractivity contribution in [1.29, 1.82) is 0 Å². The van der Waals surface area contributed by atoms with E-state index in [1.54, 1.807) is 47.4 Å². The van der Waals surface area contributed by atoms with Crippen LogP contribution in [-0.2, 0) is 22.4 Å². The monoisotopic (exact) mass is 648 g/mol. The van der Waals surface area contributed by atoms with E-state index in [-0.39, 0.29) is 36.1 Å². The van der Waals surface area contributed by atoms with E-state index in [9.17, 15) is 19.1 Å². The number of methoxy groups -OCH3 is 1. The fourth-order valence-electron chi connectivity index (χ4n) is 5.78. The molecule has 4 aromatic rings. The summed E-state index contributed by atoms with van der Waals surface area (Å²) in [4.78, 5) is 30.4. The molecule has 0 saturated carbocycles. The van der Waals surface area contributed by atoms with Gasteiger partial charge in [-0.15, -0.1) is 0 Å². The molecule has 1 fully saturated rings. The molecule has 6 rings (SSSR count). The Hall–Kier alpha value is -4.48. The number of benzene rings is 2. The van der Waals surface area contributed by atoms with Crippen molar-refractivity contribution >= 4 is 23.3 Å². The van der Waals surface area contributed by atoms with Crippen LogP contribution in [0.4, 0.5) is 4.39 Å². The number of amides is 1. The molecule has 2 aromatic carbocycles. The lowest BCUT2D eigenvalue weighted by Crippen LogP contribution is -2.34. The molecule has 2 aliphatic heterocycles. The second kappa shape index (κ2) is 12.4. The first-order valence-corrected chi connectivity index (χ1v) is 15.3. The number of carbonyl (C=O) groups is 2. The van der Waals surface area contributed by atoms with Crippen molar-refractivity contribution in [2.45, 2.75) is 56.8 Å². The number of fused-ring (bicyclic) bond motifs is 1. The van der Waals surface area contributed by atoms with Crippen LogP contribution in [0, 0.1) is 5.82 Å². The van der Waals surface area contributed by atoms with Crippen molar-refractivity contribution in [1.82, 2.24) is 20.1 Å². The molecule has 12 heteroatoms. The van der Waals surface area contributed by atoms with Gasteiger partial charge < -0.3 is 24.6 Å². The number of hydrogen-bond donors (Lipinski definition) is 2. The van der Waals surface area contributed by atoms with Crippen molar-refractivity contribution in [2.24, 2.45) is 0 Å². The molecular weight excluding hydrogens is 615 g/mol. The van der Waals surface area contributed by atoms with Crippen molar-refractivity contribution in [3.8, 4) is 28.5 Å². The normalized spacial score (nSPS) is 18.0. The summed E-state index contributed by atoms with van der Waals surface area (Å²) >= 11 is 6.14. The van der Waals surface area contributed by atoms with Crippen LogP contribution >= 0.6 is 11.6 Å². The fraction of sp³-hybridized carbons (Fsp3) is 0.353. The van der Waals surface area contributed by atoms with Gasteiger partial charge >= 0.3 is 0 Å². The predicted molar refractivity (Wildman–Crippen MR) is 168 cm³/mol. The van der Waals surface area contributed by atoms with Crippen LogP contribution in [0.15, 0.2) is 60.9 Å². The van der Waals surface area contributed by atoms with Crippen LogP contribution in [0.1, 0.15) is 54.7 Å². The maximum absolute atomic E-state index is 14.1. The highest BCUT2D eigenvalue weighted by Crippen LogP contribution is 2.46. The minimum absolute atomic E-state index is 0.00515. The van der Waals surface area contributed by atoms with E-state index < -0.39 is 22.9 Å². The number of pyridine rings is 1. The molecule has 2 aromatic heterocycles. The molecule has 0 spiro atoms. The Bertz CT molecular complexity index is 1800. The number of carbonyl (C=O) groups excluding carboxylic acids is 2. The minimum atomic E-state index is -1.64. The molecule has 0 bridgehead atoms. The van der Waals surface area contributed by atoms with Gasteiger partial charge in [0, 0.05) is 53.9 Å². The van der Waals surface area contributed by atoms with Gasteiger partial charge in [-0.2, -0.15) is 5.10 Å². The number of nitrogens with one attached hydrogen (secondary N) is 1. The summed E-state index contributed by atoms with van der Waals surface area (Å²) in [5, 5.41) is 19.3. The third kappa shape index (κ3) is 6.17. The van der Waals surface area contributed by atoms with Gasteiger partial charge in [0.2, 0.25) is 0 Å². The summed E-state index contributed by atoms with van der Waals surface area (Å²) in [5.41, 5.74) is 0.407. The lowest BCUT2D eigenvalue weighted by atomic mass is 9.83. The highest BCUT2D eigenvalue weighted by molar-refractivity contribution is 6.31. The quantitative estimate of drug-likeness (QED) is 0.212. The van der Waals surface area contributed by atoms with E-state index in [0.717, 1.165) is 5.56 Å². The number of hydrogen-bond acceptors (Lipinski definition) is 8. The molecule has 2 aliphatic rings. The minimum Gasteiger partial charge on any atom is -0.493 e. The second-order valence-electron chi connectivity index (χ2n) is 12.2. The first kappa shape index (κ1) is 31.5.